The number of ether oxygens (including phenoxy) is 1. The van der Waals surface area contributed by atoms with Crippen LogP contribution in [0.15, 0.2) is 36.4 Å². The van der Waals surface area contributed by atoms with Gasteiger partial charge in [-0.2, -0.15) is 0 Å². The van der Waals surface area contributed by atoms with Gasteiger partial charge in [-0.15, -0.1) is 0 Å². The average molecular weight is 686 g/mol. The number of halogens is 2. The van der Waals surface area contributed by atoms with E-state index < -0.39 is 37.7 Å². The molecule has 1 aliphatic heterocycles. The summed E-state index contributed by atoms with van der Waals surface area (Å²) in [7, 11) is -3.84. The molecule has 3 aliphatic carbocycles. The van der Waals surface area contributed by atoms with Crippen LogP contribution in [-0.4, -0.2) is 55.9 Å². The number of benzene rings is 2. The zero-order valence-corrected chi connectivity index (χ0v) is 29.5. The van der Waals surface area contributed by atoms with Crippen molar-refractivity contribution in [1.29, 1.82) is 0 Å². The second-order valence-corrected chi connectivity index (χ2v) is 18.4. The first-order valence-corrected chi connectivity index (χ1v) is 18.8. The van der Waals surface area contributed by atoms with Crippen LogP contribution in [0.3, 0.4) is 0 Å². The minimum atomic E-state index is -3.84. The molecule has 2 aromatic carbocycles. The Bertz CT molecular complexity index is 1700. The number of hydrogen-bond acceptors (Lipinski definition) is 6. The van der Waals surface area contributed by atoms with Gasteiger partial charge in [-0.1, -0.05) is 38.5 Å². The van der Waals surface area contributed by atoms with E-state index in [9.17, 15) is 18.0 Å². The summed E-state index contributed by atoms with van der Waals surface area (Å²) in [6.45, 7) is 9.52. The predicted molar refractivity (Wildman–Crippen MR) is 181 cm³/mol. The summed E-state index contributed by atoms with van der Waals surface area (Å²) < 4.78 is 65.0. The average Bonchev–Trinajstić information content (AvgIpc) is 3.60. The largest absolute Gasteiger partial charge is 0.490 e. The van der Waals surface area contributed by atoms with Crippen molar-refractivity contribution < 1.29 is 31.5 Å². The standard InChI is InChI=1S/C37H49F2N3O5S/c1-34(2)20-37(39,22-40-21-34)33(44)41-25-13-14-26(19-25)47-30-15-12-24(35(3,4)32(43)42-48(45,46)36(5)16-17-36)18-28(30)27-10-7-11-29(38)31(27)23-8-6-9-23/h7,10-12,15,18,23,25-26,40H,6,8-9,13-14,16-17,19-22H2,1-5H3,(H,41,44)(H,42,43)/t25-,26-,37+/m1/s1. The molecule has 4 fully saturated rings. The first kappa shape index (κ1) is 34.8. The molecule has 3 saturated carbocycles. The SMILES string of the molecule is CC1(C)CNC[C@](F)(C(=O)N[C@@H]2CC[C@@H](Oc3ccc(C(C)(C)C(=O)NS(=O)(=O)C4(C)CC4)cc3-c3cccc(F)c3C3CCC3)C2)C1. The van der Waals surface area contributed by atoms with Gasteiger partial charge in [-0.3, -0.25) is 14.3 Å². The van der Waals surface area contributed by atoms with E-state index in [2.05, 4.69) is 15.4 Å². The molecule has 0 spiro atoms. The first-order chi connectivity index (χ1) is 22.4. The van der Waals surface area contributed by atoms with E-state index in [1.807, 2.05) is 26.0 Å². The van der Waals surface area contributed by atoms with Gasteiger partial charge in [-0.05, 0) is 112 Å². The van der Waals surface area contributed by atoms with E-state index in [1.54, 1.807) is 39.0 Å². The minimum absolute atomic E-state index is 0.0127. The first-order valence-electron chi connectivity index (χ1n) is 17.3. The molecule has 0 bridgehead atoms. The van der Waals surface area contributed by atoms with E-state index in [0.717, 1.165) is 19.3 Å². The highest BCUT2D eigenvalue weighted by Crippen LogP contribution is 2.47. The normalized spacial score (nSPS) is 26.7. The number of piperidine rings is 1. The highest BCUT2D eigenvalue weighted by molar-refractivity contribution is 7.91. The Morgan fingerprint density at radius 2 is 1.73 bits per heavy atom. The number of sulfonamides is 1. The molecule has 4 aliphatic rings. The maximum absolute atomic E-state index is 15.7. The van der Waals surface area contributed by atoms with Crippen molar-refractivity contribution in [3.63, 3.8) is 0 Å². The van der Waals surface area contributed by atoms with Crippen LogP contribution >= 0.6 is 0 Å². The molecular weight excluding hydrogens is 636 g/mol. The molecule has 0 aromatic heterocycles. The monoisotopic (exact) mass is 685 g/mol. The predicted octanol–water partition coefficient (Wildman–Crippen LogP) is 6.18. The van der Waals surface area contributed by atoms with Gasteiger partial charge in [0.1, 0.15) is 17.7 Å². The third kappa shape index (κ3) is 6.73. The van der Waals surface area contributed by atoms with Gasteiger partial charge in [-0.25, -0.2) is 17.2 Å². The molecule has 0 radical (unpaired) electrons. The van der Waals surface area contributed by atoms with Crippen LogP contribution in [0.1, 0.15) is 109 Å². The van der Waals surface area contributed by atoms with Crippen molar-refractivity contribution in [3.05, 3.63) is 53.3 Å². The molecule has 48 heavy (non-hydrogen) atoms. The molecule has 8 nitrogen and oxygen atoms in total. The lowest BCUT2D eigenvalue weighted by Crippen LogP contribution is -2.59. The molecule has 6 rings (SSSR count). The summed E-state index contributed by atoms with van der Waals surface area (Å²) in [4.78, 5) is 26.6. The molecule has 262 valence electrons. The van der Waals surface area contributed by atoms with Crippen molar-refractivity contribution >= 4 is 21.8 Å². The van der Waals surface area contributed by atoms with E-state index in [0.29, 0.717) is 66.7 Å². The molecule has 1 saturated heterocycles. The Labute approximate surface area is 283 Å². The number of rotatable bonds is 10. The van der Waals surface area contributed by atoms with Gasteiger partial charge >= 0.3 is 0 Å². The molecule has 1 heterocycles. The van der Waals surface area contributed by atoms with E-state index in [1.165, 1.54) is 6.07 Å². The molecule has 3 N–H and O–H groups in total. The van der Waals surface area contributed by atoms with Crippen LogP contribution in [0.5, 0.6) is 5.75 Å². The maximum atomic E-state index is 15.7. The van der Waals surface area contributed by atoms with Crippen LogP contribution in [0, 0.1) is 11.2 Å². The lowest BCUT2D eigenvalue weighted by atomic mass is 9.76. The number of carbonyl (C=O) groups excluding carboxylic acids is 2. The van der Waals surface area contributed by atoms with Gasteiger partial charge in [0.2, 0.25) is 21.6 Å². The van der Waals surface area contributed by atoms with Crippen molar-refractivity contribution in [1.82, 2.24) is 15.4 Å². The summed E-state index contributed by atoms with van der Waals surface area (Å²) in [5.74, 6) is -0.946. The van der Waals surface area contributed by atoms with E-state index in [-0.39, 0.29) is 42.3 Å². The fourth-order valence-corrected chi connectivity index (χ4v) is 8.77. The molecule has 11 heteroatoms. The zero-order valence-electron chi connectivity index (χ0n) is 28.7. The summed E-state index contributed by atoms with van der Waals surface area (Å²) in [6, 6.07) is 10.1. The fraction of sp³-hybridized carbons (Fsp3) is 0.622. The van der Waals surface area contributed by atoms with Crippen molar-refractivity contribution in [2.45, 2.75) is 126 Å². The summed E-state index contributed by atoms with van der Waals surface area (Å²) >= 11 is 0. The van der Waals surface area contributed by atoms with Crippen molar-refractivity contribution in [2.24, 2.45) is 5.41 Å². The number of nitrogens with one attached hydrogen (secondary N) is 3. The minimum Gasteiger partial charge on any atom is -0.490 e. The fourth-order valence-electron chi connectivity index (χ4n) is 7.38. The van der Waals surface area contributed by atoms with Crippen LogP contribution < -0.4 is 20.1 Å². The second-order valence-electron chi connectivity index (χ2n) is 16.2. The van der Waals surface area contributed by atoms with Crippen molar-refractivity contribution in [3.8, 4) is 16.9 Å². The van der Waals surface area contributed by atoms with Crippen LogP contribution in [-0.2, 0) is 25.0 Å². The summed E-state index contributed by atoms with van der Waals surface area (Å²) in [5.41, 5.74) is -1.06. The summed E-state index contributed by atoms with van der Waals surface area (Å²) in [6.07, 6.45) is 5.41. The Morgan fingerprint density at radius 3 is 2.38 bits per heavy atom. The molecular formula is C37H49F2N3O5S. The lowest BCUT2D eigenvalue weighted by molar-refractivity contribution is -0.137. The Balaban J connectivity index is 1.26. The quantitative estimate of drug-likeness (QED) is 0.276. The Hall–Kier alpha value is -3.05. The third-order valence-corrected chi connectivity index (χ3v) is 13.3. The van der Waals surface area contributed by atoms with E-state index >= 15 is 8.78 Å². The van der Waals surface area contributed by atoms with Crippen LogP contribution in [0.4, 0.5) is 8.78 Å². The van der Waals surface area contributed by atoms with E-state index in [4.69, 9.17) is 4.74 Å². The Morgan fingerprint density at radius 1 is 1.00 bits per heavy atom. The van der Waals surface area contributed by atoms with Crippen LogP contribution in [0.2, 0.25) is 0 Å². The van der Waals surface area contributed by atoms with Gasteiger partial charge in [0.15, 0.2) is 0 Å². The lowest BCUT2D eigenvalue weighted by Gasteiger charge is -2.39. The Kier molecular flexibility index (Phi) is 8.97. The number of hydrogen-bond donors (Lipinski definition) is 3. The van der Waals surface area contributed by atoms with Gasteiger partial charge in [0.05, 0.1) is 10.2 Å². The third-order valence-electron chi connectivity index (χ3n) is 11.1. The molecule has 2 amide bonds. The smallest absolute Gasteiger partial charge is 0.259 e. The summed E-state index contributed by atoms with van der Waals surface area (Å²) in [5, 5.41) is 5.99. The second kappa shape index (κ2) is 12.4. The molecule has 2 aromatic rings. The molecule has 3 atom stereocenters. The maximum Gasteiger partial charge on any atom is 0.259 e. The topological polar surface area (TPSA) is 114 Å². The zero-order chi connectivity index (χ0) is 34.7. The van der Waals surface area contributed by atoms with Gasteiger partial charge in [0.25, 0.3) is 5.91 Å². The highest BCUT2D eigenvalue weighted by Gasteiger charge is 2.52. The highest BCUT2D eigenvalue weighted by atomic mass is 32.2. The van der Waals surface area contributed by atoms with Crippen LogP contribution in [0.25, 0.3) is 11.1 Å². The number of alkyl halides is 1. The van der Waals surface area contributed by atoms with Gasteiger partial charge < -0.3 is 15.4 Å². The number of carbonyl (C=O) groups is 2. The van der Waals surface area contributed by atoms with Gasteiger partial charge in [0, 0.05) is 31.1 Å². The molecule has 0 unspecified atom stereocenters. The number of amides is 2. The van der Waals surface area contributed by atoms with Crippen molar-refractivity contribution in [2.75, 3.05) is 13.1 Å².